The highest BCUT2D eigenvalue weighted by Crippen LogP contribution is 2.31. The summed E-state index contributed by atoms with van der Waals surface area (Å²) in [6.07, 6.45) is 0. The molecule has 0 aliphatic heterocycles. The molecule has 2 aromatic heterocycles. The molecule has 0 amide bonds. The third-order valence-corrected chi connectivity index (χ3v) is 3.50. The molecule has 4 nitrogen and oxygen atoms in total. The summed E-state index contributed by atoms with van der Waals surface area (Å²) in [6.45, 7) is 0. The number of rotatable bonds is 2. The molecule has 18 heavy (non-hydrogen) atoms. The standard InChI is InChI=1S/C12H6ClNO3S/c13-6-4-7(12(15)16)10-8(5-6)17-11(14-10)9-2-1-3-18-9/h1-5H,(H,15,16). The van der Waals surface area contributed by atoms with Gasteiger partial charge in [-0.3, -0.25) is 0 Å². The van der Waals surface area contributed by atoms with Crippen molar-refractivity contribution in [3.8, 4) is 10.8 Å². The number of carboxylic acids is 1. The van der Waals surface area contributed by atoms with Gasteiger partial charge in [-0.2, -0.15) is 0 Å². The average Bonchev–Trinajstić information content (AvgIpc) is 2.95. The van der Waals surface area contributed by atoms with Gasteiger partial charge in [-0.25, -0.2) is 9.78 Å². The van der Waals surface area contributed by atoms with Crippen molar-refractivity contribution < 1.29 is 14.3 Å². The zero-order valence-electron chi connectivity index (χ0n) is 8.88. The number of carbonyl (C=O) groups is 1. The van der Waals surface area contributed by atoms with Crippen molar-refractivity contribution >= 4 is 40.0 Å². The lowest BCUT2D eigenvalue weighted by Crippen LogP contribution is -1.97. The van der Waals surface area contributed by atoms with Gasteiger partial charge in [-0.05, 0) is 17.5 Å². The molecule has 90 valence electrons. The van der Waals surface area contributed by atoms with Crippen molar-refractivity contribution in [2.75, 3.05) is 0 Å². The molecule has 0 atom stereocenters. The Balaban J connectivity index is 2.29. The normalized spacial score (nSPS) is 10.9. The van der Waals surface area contributed by atoms with Gasteiger partial charge in [0.25, 0.3) is 0 Å². The second-order valence-corrected chi connectivity index (χ2v) is 4.99. The molecule has 1 aromatic carbocycles. The molecule has 6 heteroatoms. The summed E-state index contributed by atoms with van der Waals surface area (Å²) in [5.41, 5.74) is 0.739. The van der Waals surface area contributed by atoms with Gasteiger partial charge >= 0.3 is 5.97 Å². The van der Waals surface area contributed by atoms with E-state index in [4.69, 9.17) is 21.1 Å². The number of thiophene rings is 1. The minimum Gasteiger partial charge on any atom is -0.478 e. The van der Waals surface area contributed by atoms with E-state index in [1.165, 1.54) is 17.4 Å². The number of aromatic nitrogens is 1. The second kappa shape index (κ2) is 4.12. The Morgan fingerprint density at radius 1 is 1.44 bits per heavy atom. The molecule has 0 aliphatic rings. The summed E-state index contributed by atoms with van der Waals surface area (Å²) >= 11 is 7.33. The maximum absolute atomic E-state index is 11.1. The van der Waals surface area contributed by atoms with Gasteiger partial charge in [0, 0.05) is 11.1 Å². The minimum atomic E-state index is -1.08. The first kappa shape index (κ1) is 11.3. The number of aromatic carboxylic acids is 1. The number of hydrogen-bond acceptors (Lipinski definition) is 4. The van der Waals surface area contributed by atoms with Crippen LogP contribution in [-0.2, 0) is 0 Å². The Morgan fingerprint density at radius 3 is 2.94 bits per heavy atom. The topological polar surface area (TPSA) is 63.3 Å². The van der Waals surface area contributed by atoms with Crippen molar-refractivity contribution in [1.29, 1.82) is 0 Å². The molecule has 1 N–H and O–H groups in total. The van der Waals surface area contributed by atoms with Gasteiger partial charge in [-0.15, -0.1) is 11.3 Å². The van der Waals surface area contributed by atoms with Crippen LogP contribution in [0.15, 0.2) is 34.1 Å². The lowest BCUT2D eigenvalue weighted by molar-refractivity contribution is 0.0699. The van der Waals surface area contributed by atoms with Crippen molar-refractivity contribution in [2.45, 2.75) is 0 Å². The number of fused-ring (bicyclic) bond motifs is 1. The first-order chi connectivity index (χ1) is 8.65. The quantitative estimate of drug-likeness (QED) is 0.772. The van der Waals surface area contributed by atoms with Crippen molar-refractivity contribution in [3.05, 3.63) is 40.2 Å². The highest BCUT2D eigenvalue weighted by atomic mass is 35.5. The number of benzene rings is 1. The van der Waals surface area contributed by atoms with E-state index >= 15 is 0 Å². The van der Waals surface area contributed by atoms with E-state index in [-0.39, 0.29) is 5.56 Å². The molecule has 3 rings (SSSR count). The molecule has 0 saturated carbocycles. The third-order valence-electron chi connectivity index (χ3n) is 2.42. The Morgan fingerprint density at radius 2 is 2.28 bits per heavy atom. The fraction of sp³-hybridized carbons (Fsp3) is 0. The van der Waals surface area contributed by atoms with Crippen LogP contribution in [0.1, 0.15) is 10.4 Å². The molecule has 0 unspecified atom stereocenters. The fourth-order valence-corrected chi connectivity index (χ4v) is 2.52. The molecule has 0 fully saturated rings. The average molecular weight is 280 g/mol. The molecule has 0 bridgehead atoms. The largest absolute Gasteiger partial charge is 0.478 e. The summed E-state index contributed by atoms with van der Waals surface area (Å²) in [5.74, 6) is -0.668. The molecule has 3 aromatic rings. The lowest BCUT2D eigenvalue weighted by atomic mass is 10.2. The molecule has 0 radical (unpaired) electrons. The smallest absolute Gasteiger partial charge is 0.338 e. The summed E-state index contributed by atoms with van der Waals surface area (Å²) in [7, 11) is 0. The van der Waals surface area contributed by atoms with Gasteiger partial charge in [0.05, 0.1) is 10.4 Å². The molecule has 0 spiro atoms. The number of oxazole rings is 1. The first-order valence-corrected chi connectivity index (χ1v) is 6.28. The number of hydrogen-bond donors (Lipinski definition) is 1. The van der Waals surface area contributed by atoms with Crippen LogP contribution < -0.4 is 0 Å². The van der Waals surface area contributed by atoms with Gasteiger partial charge in [0.1, 0.15) is 5.52 Å². The van der Waals surface area contributed by atoms with Crippen LogP contribution in [-0.4, -0.2) is 16.1 Å². The molecular weight excluding hydrogens is 274 g/mol. The van der Waals surface area contributed by atoms with Crippen LogP contribution in [0, 0.1) is 0 Å². The Kier molecular flexibility index (Phi) is 2.57. The Hall–Kier alpha value is -1.85. The van der Waals surface area contributed by atoms with Crippen LogP contribution >= 0.6 is 22.9 Å². The maximum atomic E-state index is 11.1. The number of halogens is 1. The predicted molar refractivity (Wildman–Crippen MR) is 69.3 cm³/mol. The summed E-state index contributed by atoms with van der Waals surface area (Å²) in [5, 5.41) is 11.3. The van der Waals surface area contributed by atoms with E-state index in [0.29, 0.717) is 22.0 Å². The van der Waals surface area contributed by atoms with E-state index in [9.17, 15) is 4.79 Å². The highest BCUT2D eigenvalue weighted by molar-refractivity contribution is 7.13. The zero-order chi connectivity index (χ0) is 12.7. The minimum absolute atomic E-state index is 0.0454. The Labute approximate surface area is 110 Å². The van der Waals surface area contributed by atoms with E-state index in [1.807, 2.05) is 17.5 Å². The monoisotopic (exact) mass is 279 g/mol. The molecule has 2 heterocycles. The van der Waals surface area contributed by atoms with Crippen molar-refractivity contribution in [2.24, 2.45) is 0 Å². The van der Waals surface area contributed by atoms with Crippen LogP contribution in [0.4, 0.5) is 0 Å². The number of nitrogens with zero attached hydrogens (tertiary/aromatic N) is 1. The van der Waals surface area contributed by atoms with Gasteiger partial charge in [0.2, 0.25) is 5.89 Å². The van der Waals surface area contributed by atoms with Gasteiger partial charge in [0.15, 0.2) is 5.58 Å². The number of carboxylic acid groups (broad SMARTS) is 1. The van der Waals surface area contributed by atoms with E-state index < -0.39 is 5.97 Å². The van der Waals surface area contributed by atoms with Crippen LogP contribution in [0.5, 0.6) is 0 Å². The van der Waals surface area contributed by atoms with E-state index in [2.05, 4.69) is 4.98 Å². The van der Waals surface area contributed by atoms with Gasteiger partial charge < -0.3 is 9.52 Å². The van der Waals surface area contributed by atoms with E-state index in [0.717, 1.165) is 4.88 Å². The third kappa shape index (κ3) is 1.77. The van der Waals surface area contributed by atoms with Crippen LogP contribution in [0.3, 0.4) is 0 Å². The second-order valence-electron chi connectivity index (χ2n) is 3.60. The Bertz CT molecular complexity index is 733. The predicted octanol–water partition coefficient (Wildman–Crippen LogP) is 3.91. The van der Waals surface area contributed by atoms with E-state index in [1.54, 1.807) is 6.07 Å². The molecule has 0 aliphatic carbocycles. The molecular formula is C12H6ClNO3S. The summed E-state index contributed by atoms with van der Waals surface area (Å²) in [4.78, 5) is 16.2. The van der Waals surface area contributed by atoms with Crippen LogP contribution in [0.2, 0.25) is 5.02 Å². The summed E-state index contributed by atoms with van der Waals surface area (Å²) in [6, 6.07) is 6.66. The van der Waals surface area contributed by atoms with Gasteiger partial charge in [-0.1, -0.05) is 17.7 Å². The molecule has 0 saturated heterocycles. The summed E-state index contributed by atoms with van der Waals surface area (Å²) < 4.78 is 5.54. The first-order valence-electron chi connectivity index (χ1n) is 5.02. The zero-order valence-corrected chi connectivity index (χ0v) is 10.5. The van der Waals surface area contributed by atoms with Crippen LogP contribution in [0.25, 0.3) is 21.9 Å². The SMILES string of the molecule is O=C(O)c1cc(Cl)cc2oc(-c3cccs3)nc12. The van der Waals surface area contributed by atoms with Crippen molar-refractivity contribution in [1.82, 2.24) is 4.98 Å². The van der Waals surface area contributed by atoms with Crippen molar-refractivity contribution in [3.63, 3.8) is 0 Å². The highest BCUT2D eigenvalue weighted by Gasteiger charge is 2.17. The fourth-order valence-electron chi connectivity index (χ4n) is 1.66. The maximum Gasteiger partial charge on any atom is 0.338 e. The lowest BCUT2D eigenvalue weighted by Gasteiger charge is -1.95.